The maximum atomic E-state index is 10.2. The highest BCUT2D eigenvalue weighted by molar-refractivity contribution is 9.10. The standard InChI is InChI=1S/C14H17BrO/c15-10-4-5-12-11(8-10)13(16)9-14(12)6-2-1-3-7-14/h4-5,8,13,16H,1-3,6-7,9H2. The van der Waals surface area contributed by atoms with Crippen LogP contribution in [0.15, 0.2) is 22.7 Å². The van der Waals surface area contributed by atoms with Gasteiger partial charge in [-0.25, -0.2) is 0 Å². The number of hydrogen-bond acceptors (Lipinski definition) is 1. The molecule has 1 N–H and O–H groups in total. The zero-order valence-electron chi connectivity index (χ0n) is 9.38. The second kappa shape index (κ2) is 3.85. The van der Waals surface area contributed by atoms with E-state index in [9.17, 15) is 5.11 Å². The molecule has 1 atom stereocenters. The SMILES string of the molecule is OC1CC2(CCCCC2)c2ccc(Br)cc21. The van der Waals surface area contributed by atoms with Crippen LogP contribution >= 0.6 is 15.9 Å². The van der Waals surface area contributed by atoms with Crippen LogP contribution in [0.4, 0.5) is 0 Å². The van der Waals surface area contributed by atoms with Crippen LogP contribution in [0.25, 0.3) is 0 Å². The highest BCUT2D eigenvalue weighted by Gasteiger charge is 2.43. The third kappa shape index (κ3) is 1.54. The lowest BCUT2D eigenvalue weighted by molar-refractivity contribution is 0.139. The molecule has 2 aliphatic rings. The van der Waals surface area contributed by atoms with Crippen molar-refractivity contribution in [2.24, 2.45) is 0 Å². The molecule has 3 rings (SSSR count). The Morgan fingerprint density at radius 3 is 2.69 bits per heavy atom. The number of aliphatic hydroxyl groups is 1. The van der Waals surface area contributed by atoms with E-state index >= 15 is 0 Å². The molecule has 1 aromatic rings. The van der Waals surface area contributed by atoms with Gasteiger partial charge >= 0.3 is 0 Å². The van der Waals surface area contributed by atoms with E-state index in [1.165, 1.54) is 37.7 Å². The summed E-state index contributed by atoms with van der Waals surface area (Å²) in [6.45, 7) is 0. The van der Waals surface area contributed by atoms with Crippen LogP contribution < -0.4 is 0 Å². The van der Waals surface area contributed by atoms with Gasteiger partial charge in [0.1, 0.15) is 0 Å². The first kappa shape index (κ1) is 10.8. The second-order valence-corrected chi connectivity index (χ2v) is 6.21. The first-order valence-corrected chi connectivity index (χ1v) is 6.99. The summed E-state index contributed by atoms with van der Waals surface area (Å²) in [5, 5.41) is 10.2. The van der Waals surface area contributed by atoms with Crippen LogP contribution in [0.5, 0.6) is 0 Å². The van der Waals surface area contributed by atoms with Crippen molar-refractivity contribution >= 4 is 15.9 Å². The molecule has 0 radical (unpaired) electrons. The summed E-state index contributed by atoms with van der Waals surface area (Å²) in [6.07, 6.45) is 7.23. The largest absolute Gasteiger partial charge is 0.388 e. The van der Waals surface area contributed by atoms with Crippen LogP contribution in [0.2, 0.25) is 0 Å². The Labute approximate surface area is 105 Å². The fourth-order valence-corrected chi connectivity index (χ4v) is 3.96. The lowest BCUT2D eigenvalue weighted by atomic mass is 9.70. The molecule has 16 heavy (non-hydrogen) atoms. The first-order chi connectivity index (χ1) is 7.71. The van der Waals surface area contributed by atoms with E-state index in [4.69, 9.17) is 0 Å². The van der Waals surface area contributed by atoms with Crippen molar-refractivity contribution in [1.82, 2.24) is 0 Å². The molecule has 1 aromatic carbocycles. The molecule has 1 saturated carbocycles. The zero-order valence-corrected chi connectivity index (χ0v) is 11.0. The van der Waals surface area contributed by atoms with Gasteiger partial charge in [0.05, 0.1) is 6.10 Å². The van der Waals surface area contributed by atoms with Gasteiger partial charge < -0.3 is 5.11 Å². The van der Waals surface area contributed by atoms with Crippen molar-refractivity contribution in [2.75, 3.05) is 0 Å². The molecule has 1 spiro atoms. The summed E-state index contributed by atoms with van der Waals surface area (Å²) in [7, 11) is 0. The van der Waals surface area contributed by atoms with Crippen molar-refractivity contribution in [1.29, 1.82) is 0 Å². The Morgan fingerprint density at radius 1 is 1.19 bits per heavy atom. The molecule has 1 fully saturated rings. The number of aliphatic hydroxyl groups excluding tert-OH is 1. The van der Waals surface area contributed by atoms with Crippen LogP contribution in [-0.4, -0.2) is 5.11 Å². The Hall–Kier alpha value is -0.340. The minimum atomic E-state index is -0.245. The van der Waals surface area contributed by atoms with Crippen molar-refractivity contribution < 1.29 is 5.11 Å². The van der Waals surface area contributed by atoms with Crippen LogP contribution in [-0.2, 0) is 5.41 Å². The molecule has 0 aliphatic heterocycles. The van der Waals surface area contributed by atoms with Gasteiger partial charge in [0.15, 0.2) is 0 Å². The Morgan fingerprint density at radius 2 is 1.94 bits per heavy atom. The Bertz CT molecular complexity index is 407. The quantitative estimate of drug-likeness (QED) is 0.759. The topological polar surface area (TPSA) is 20.2 Å². The predicted molar refractivity (Wildman–Crippen MR) is 68.5 cm³/mol. The fraction of sp³-hybridized carbons (Fsp3) is 0.571. The maximum absolute atomic E-state index is 10.2. The Balaban J connectivity index is 2.07. The molecular weight excluding hydrogens is 264 g/mol. The van der Waals surface area contributed by atoms with Gasteiger partial charge in [0.25, 0.3) is 0 Å². The summed E-state index contributed by atoms with van der Waals surface area (Å²) in [6, 6.07) is 6.44. The normalized spacial score (nSPS) is 27.0. The van der Waals surface area contributed by atoms with Gasteiger partial charge in [-0.1, -0.05) is 41.3 Å². The van der Waals surface area contributed by atoms with E-state index in [2.05, 4.69) is 34.1 Å². The maximum Gasteiger partial charge on any atom is 0.0801 e. The second-order valence-electron chi connectivity index (χ2n) is 5.29. The van der Waals surface area contributed by atoms with Crippen molar-refractivity contribution in [3.63, 3.8) is 0 Å². The number of hydrogen-bond donors (Lipinski definition) is 1. The number of rotatable bonds is 0. The van der Waals surface area contributed by atoms with Crippen molar-refractivity contribution in [2.45, 2.75) is 50.0 Å². The molecule has 0 aromatic heterocycles. The van der Waals surface area contributed by atoms with E-state index < -0.39 is 0 Å². The van der Waals surface area contributed by atoms with Crippen molar-refractivity contribution in [3.05, 3.63) is 33.8 Å². The molecule has 1 nitrogen and oxygen atoms in total. The molecule has 0 heterocycles. The highest BCUT2D eigenvalue weighted by Crippen LogP contribution is 2.53. The lowest BCUT2D eigenvalue weighted by Crippen LogP contribution is -2.26. The zero-order chi connectivity index (χ0) is 11.2. The summed E-state index contributed by atoms with van der Waals surface area (Å²) in [5.41, 5.74) is 2.88. The minimum absolute atomic E-state index is 0.245. The van der Waals surface area contributed by atoms with Crippen LogP contribution in [0, 0.1) is 0 Å². The van der Waals surface area contributed by atoms with E-state index in [0.29, 0.717) is 5.41 Å². The molecular formula is C14H17BrO. The molecule has 0 bridgehead atoms. The fourth-order valence-electron chi connectivity index (χ4n) is 3.58. The van der Waals surface area contributed by atoms with E-state index in [0.717, 1.165) is 16.5 Å². The number of benzene rings is 1. The smallest absolute Gasteiger partial charge is 0.0801 e. The van der Waals surface area contributed by atoms with E-state index in [1.54, 1.807) is 0 Å². The van der Waals surface area contributed by atoms with Gasteiger partial charge in [-0.05, 0) is 47.9 Å². The molecule has 86 valence electrons. The summed E-state index contributed by atoms with van der Waals surface area (Å²) < 4.78 is 1.08. The van der Waals surface area contributed by atoms with Crippen LogP contribution in [0.1, 0.15) is 55.8 Å². The highest BCUT2D eigenvalue weighted by atomic mass is 79.9. The third-order valence-corrected chi connectivity index (χ3v) is 4.83. The van der Waals surface area contributed by atoms with Gasteiger partial charge in [0.2, 0.25) is 0 Å². The monoisotopic (exact) mass is 280 g/mol. The molecule has 2 heteroatoms. The van der Waals surface area contributed by atoms with Crippen molar-refractivity contribution in [3.8, 4) is 0 Å². The molecule has 2 aliphatic carbocycles. The summed E-state index contributed by atoms with van der Waals surface area (Å²) in [5.74, 6) is 0. The summed E-state index contributed by atoms with van der Waals surface area (Å²) >= 11 is 3.49. The molecule has 0 saturated heterocycles. The predicted octanol–water partition coefficient (Wildman–Crippen LogP) is 4.09. The first-order valence-electron chi connectivity index (χ1n) is 6.19. The Kier molecular flexibility index (Phi) is 2.60. The molecule has 1 unspecified atom stereocenters. The average Bonchev–Trinajstić information content (AvgIpc) is 2.53. The third-order valence-electron chi connectivity index (χ3n) is 4.34. The van der Waals surface area contributed by atoms with Gasteiger partial charge in [0, 0.05) is 4.47 Å². The van der Waals surface area contributed by atoms with Gasteiger partial charge in [-0.15, -0.1) is 0 Å². The number of halogens is 1. The van der Waals surface area contributed by atoms with Gasteiger partial charge in [-0.2, -0.15) is 0 Å². The van der Waals surface area contributed by atoms with E-state index in [-0.39, 0.29) is 6.10 Å². The average molecular weight is 281 g/mol. The number of fused-ring (bicyclic) bond motifs is 2. The van der Waals surface area contributed by atoms with Gasteiger partial charge in [-0.3, -0.25) is 0 Å². The minimum Gasteiger partial charge on any atom is -0.388 e. The lowest BCUT2D eigenvalue weighted by Gasteiger charge is -2.34. The van der Waals surface area contributed by atoms with E-state index in [1.807, 2.05) is 0 Å². The summed E-state index contributed by atoms with van der Waals surface area (Å²) in [4.78, 5) is 0. The molecule has 0 amide bonds. The van der Waals surface area contributed by atoms with Crippen LogP contribution in [0.3, 0.4) is 0 Å².